The van der Waals surface area contributed by atoms with Gasteiger partial charge in [0.25, 0.3) is 0 Å². The van der Waals surface area contributed by atoms with E-state index in [1.54, 1.807) is 0 Å². The van der Waals surface area contributed by atoms with Crippen LogP contribution in [0.2, 0.25) is 0 Å². The van der Waals surface area contributed by atoms with Crippen LogP contribution < -0.4 is 24.0 Å². The van der Waals surface area contributed by atoms with Gasteiger partial charge in [0.05, 0.1) is 0 Å². The monoisotopic (exact) mass is 248 g/mol. The van der Waals surface area contributed by atoms with Gasteiger partial charge in [-0.25, -0.2) is 0 Å². The molecule has 0 nitrogen and oxygen atoms in total. The molecule has 1 fully saturated rings. The minimum Gasteiger partial charge on any atom is -1.00 e. The summed E-state index contributed by atoms with van der Waals surface area (Å²) in [7, 11) is 0. The summed E-state index contributed by atoms with van der Waals surface area (Å²) >= 11 is 0. The molecule has 0 bridgehead atoms. The van der Waals surface area contributed by atoms with Crippen molar-refractivity contribution >= 4 is 23.1 Å². The van der Waals surface area contributed by atoms with Crippen molar-refractivity contribution in [3.8, 4) is 0 Å². The van der Waals surface area contributed by atoms with E-state index in [1.165, 1.54) is 38.5 Å². The van der Waals surface area contributed by atoms with Crippen LogP contribution in [0.15, 0.2) is 0 Å². The first-order valence-electron chi connectivity index (χ1n) is 3.32. The van der Waals surface area contributed by atoms with Gasteiger partial charge in [0.2, 0.25) is 0 Å². The third-order valence-electron chi connectivity index (χ3n) is 1.57. The molecule has 50 valence electrons. The Bertz CT molecular complexity index is 28.5. The van der Waals surface area contributed by atoms with Crippen LogP contribution in [0.3, 0.4) is 0 Å². The fraction of sp³-hybridized carbons (Fsp3) is 0.857. The van der Waals surface area contributed by atoms with Gasteiger partial charge in [-0.15, -0.1) is 0 Å². The summed E-state index contributed by atoms with van der Waals surface area (Å²) < 4.78 is 0. The van der Waals surface area contributed by atoms with E-state index >= 15 is 0 Å². The maximum absolute atomic E-state index is 2.42. The summed E-state index contributed by atoms with van der Waals surface area (Å²) in [4.78, 5) is 0. The van der Waals surface area contributed by atoms with Crippen LogP contribution in [-0.4, -0.2) is 23.1 Å². The van der Waals surface area contributed by atoms with Gasteiger partial charge < -0.3 is 30.4 Å². The molecule has 1 saturated carbocycles. The maximum atomic E-state index is 2.42. The average Bonchev–Trinajstić information content (AvgIpc) is 1.90. The molecule has 9 heavy (non-hydrogen) atoms. The zero-order valence-electron chi connectivity index (χ0n) is 5.91. The SMILES string of the molecule is [CH-]1CCCCCC1.[I-].[Mg+2]. The molecule has 2 heteroatoms. The Kier molecular flexibility index (Phi) is 13.8. The summed E-state index contributed by atoms with van der Waals surface area (Å²) in [6, 6.07) is 0. The van der Waals surface area contributed by atoms with E-state index in [1.807, 2.05) is 0 Å². The van der Waals surface area contributed by atoms with Gasteiger partial charge in [0.15, 0.2) is 0 Å². The Hall–Kier alpha value is 1.50. The summed E-state index contributed by atoms with van der Waals surface area (Å²) in [6.45, 7) is 0. The second-order valence-corrected chi connectivity index (χ2v) is 2.28. The van der Waals surface area contributed by atoms with Crippen LogP contribution in [0, 0.1) is 6.42 Å². The van der Waals surface area contributed by atoms with Crippen molar-refractivity contribution < 1.29 is 24.0 Å². The molecular formula is C7H13IMg. The first kappa shape index (κ1) is 13.1. The maximum Gasteiger partial charge on any atom is 2.00 e. The van der Waals surface area contributed by atoms with Gasteiger partial charge in [-0.2, -0.15) is 12.8 Å². The molecule has 1 aliphatic carbocycles. The molecule has 0 N–H and O–H groups in total. The Balaban J connectivity index is 0. The van der Waals surface area contributed by atoms with Crippen molar-refractivity contribution in [3.05, 3.63) is 6.42 Å². The molecular weight excluding hydrogens is 235 g/mol. The zero-order valence-corrected chi connectivity index (χ0v) is 9.48. The molecule has 0 radical (unpaired) electrons. The Labute approximate surface area is 91.3 Å². The van der Waals surface area contributed by atoms with Crippen LogP contribution in [0.5, 0.6) is 0 Å². The molecule has 0 spiro atoms. The summed E-state index contributed by atoms with van der Waals surface area (Å²) in [6.07, 6.45) is 11.0. The van der Waals surface area contributed by atoms with Gasteiger partial charge in [0, 0.05) is 0 Å². The number of halogens is 1. The van der Waals surface area contributed by atoms with Crippen LogP contribution in [0.25, 0.3) is 0 Å². The fourth-order valence-electron chi connectivity index (χ4n) is 1.08. The third-order valence-corrected chi connectivity index (χ3v) is 1.57. The molecule has 0 aromatic heterocycles. The summed E-state index contributed by atoms with van der Waals surface area (Å²) in [5.41, 5.74) is 0. The predicted octanol–water partition coefficient (Wildman–Crippen LogP) is -0.832. The van der Waals surface area contributed by atoms with E-state index in [4.69, 9.17) is 0 Å². The van der Waals surface area contributed by atoms with Crippen LogP contribution in [0.4, 0.5) is 0 Å². The quantitative estimate of drug-likeness (QED) is 0.227. The Morgan fingerprint density at radius 1 is 0.778 bits per heavy atom. The standard InChI is InChI=1S/C7H13.HI.Mg/c1-2-4-6-7-5-3-1;;/h1H,2-7H2;1H;/q-1;;+2/p-1. The first-order chi connectivity index (χ1) is 3.50. The normalized spacial score (nSPS) is 18.7. The number of hydrogen-bond donors (Lipinski definition) is 0. The van der Waals surface area contributed by atoms with Crippen molar-refractivity contribution in [2.75, 3.05) is 0 Å². The van der Waals surface area contributed by atoms with E-state index < -0.39 is 0 Å². The summed E-state index contributed by atoms with van der Waals surface area (Å²) in [5, 5.41) is 0. The Morgan fingerprint density at radius 2 is 1.22 bits per heavy atom. The van der Waals surface area contributed by atoms with Crippen molar-refractivity contribution in [2.24, 2.45) is 0 Å². The zero-order chi connectivity index (χ0) is 4.95. The third kappa shape index (κ3) is 7.39. The predicted molar refractivity (Wildman–Crippen MR) is 37.8 cm³/mol. The van der Waals surface area contributed by atoms with Crippen molar-refractivity contribution in [1.29, 1.82) is 0 Å². The average molecular weight is 248 g/mol. The van der Waals surface area contributed by atoms with E-state index in [0.29, 0.717) is 0 Å². The molecule has 1 aliphatic rings. The molecule has 0 heterocycles. The van der Waals surface area contributed by atoms with Gasteiger partial charge in [-0.05, 0) is 0 Å². The van der Waals surface area contributed by atoms with Crippen molar-refractivity contribution in [1.82, 2.24) is 0 Å². The fourth-order valence-corrected chi connectivity index (χ4v) is 1.08. The molecule has 0 saturated heterocycles. The Morgan fingerprint density at radius 3 is 1.67 bits per heavy atom. The van der Waals surface area contributed by atoms with Crippen LogP contribution in [-0.2, 0) is 0 Å². The van der Waals surface area contributed by atoms with Crippen molar-refractivity contribution in [3.63, 3.8) is 0 Å². The van der Waals surface area contributed by atoms with E-state index in [9.17, 15) is 0 Å². The molecule has 0 aromatic carbocycles. The van der Waals surface area contributed by atoms with Gasteiger partial charge in [-0.3, -0.25) is 0 Å². The summed E-state index contributed by atoms with van der Waals surface area (Å²) in [5.74, 6) is 0. The molecule has 0 amide bonds. The van der Waals surface area contributed by atoms with E-state index in [-0.39, 0.29) is 47.0 Å². The van der Waals surface area contributed by atoms with Crippen LogP contribution >= 0.6 is 0 Å². The van der Waals surface area contributed by atoms with Gasteiger partial charge >= 0.3 is 23.1 Å². The minimum atomic E-state index is 0. The number of rotatable bonds is 0. The first-order valence-corrected chi connectivity index (χ1v) is 3.32. The molecule has 0 atom stereocenters. The van der Waals surface area contributed by atoms with Gasteiger partial charge in [-0.1, -0.05) is 25.7 Å². The van der Waals surface area contributed by atoms with E-state index in [2.05, 4.69) is 6.42 Å². The molecule has 0 aliphatic heterocycles. The minimum absolute atomic E-state index is 0. The second kappa shape index (κ2) is 9.50. The van der Waals surface area contributed by atoms with Crippen molar-refractivity contribution in [2.45, 2.75) is 38.5 Å². The van der Waals surface area contributed by atoms with Crippen LogP contribution in [0.1, 0.15) is 38.5 Å². The van der Waals surface area contributed by atoms with Gasteiger partial charge in [0.1, 0.15) is 0 Å². The molecule has 0 unspecified atom stereocenters. The molecule has 1 rings (SSSR count). The van der Waals surface area contributed by atoms with E-state index in [0.717, 1.165) is 0 Å². The molecule has 0 aromatic rings. The smallest absolute Gasteiger partial charge is 1.00 e. The largest absolute Gasteiger partial charge is 2.00 e. The second-order valence-electron chi connectivity index (χ2n) is 2.28. The number of hydrogen-bond acceptors (Lipinski definition) is 0. The topological polar surface area (TPSA) is 0 Å².